The Kier molecular flexibility index (Phi) is 5.13. The predicted octanol–water partition coefficient (Wildman–Crippen LogP) is 1.93. The van der Waals surface area contributed by atoms with Crippen LogP contribution in [-0.2, 0) is 0 Å². The quantitative estimate of drug-likeness (QED) is 0.512. The van der Waals surface area contributed by atoms with Crippen LogP contribution in [0.15, 0.2) is 41.7 Å². The fraction of sp³-hybridized carbons (Fsp3) is 0.0769. The van der Waals surface area contributed by atoms with Crippen molar-refractivity contribution in [2.75, 3.05) is 6.26 Å². The SMILES string of the molecule is CSc1ncc(Cl)c(C(=O)NNC(=O)c2ccccc2)n1. The summed E-state index contributed by atoms with van der Waals surface area (Å²) in [6.45, 7) is 0. The summed E-state index contributed by atoms with van der Waals surface area (Å²) in [4.78, 5) is 31.7. The molecule has 21 heavy (non-hydrogen) atoms. The molecular formula is C13H11ClN4O2S. The van der Waals surface area contributed by atoms with Crippen molar-refractivity contribution >= 4 is 35.2 Å². The maximum atomic E-state index is 12.0. The molecule has 108 valence electrons. The monoisotopic (exact) mass is 322 g/mol. The fourth-order valence-corrected chi connectivity index (χ4v) is 1.96. The van der Waals surface area contributed by atoms with Gasteiger partial charge in [0, 0.05) is 5.56 Å². The number of amides is 2. The van der Waals surface area contributed by atoms with Gasteiger partial charge in [0.2, 0.25) is 0 Å². The lowest BCUT2D eigenvalue weighted by Crippen LogP contribution is -2.42. The van der Waals surface area contributed by atoms with Gasteiger partial charge in [-0.05, 0) is 18.4 Å². The van der Waals surface area contributed by atoms with E-state index in [1.54, 1.807) is 36.6 Å². The molecule has 0 aliphatic carbocycles. The van der Waals surface area contributed by atoms with Crippen molar-refractivity contribution in [2.45, 2.75) is 5.16 Å². The normalized spacial score (nSPS) is 10.0. The van der Waals surface area contributed by atoms with Crippen LogP contribution >= 0.6 is 23.4 Å². The Labute approximate surface area is 130 Å². The minimum absolute atomic E-state index is 0.00405. The largest absolute Gasteiger partial charge is 0.289 e. The molecule has 1 aromatic carbocycles. The van der Waals surface area contributed by atoms with Gasteiger partial charge >= 0.3 is 0 Å². The first-order chi connectivity index (χ1) is 10.1. The molecule has 2 aromatic rings. The Morgan fingerprint density at radius 1 is 1.14 bits per heavy atom. The number of thioether (sulfide) groups is 1. The average molecular weight is 323 g/mol. The maximum absolute atomic E-state index is 12.0. The Balaban J connectivity index is 2.04. The topological polar surface area (TPSA) is 84.0 Å². The molecule has 0 aliphatic rings. The van der Waals surface area contributed by atoms with Gasteiger partial charge in [0.05, 0.1) is 11.2 Å². The Bertz CT molecular complexity index is 666. The zero-order valence-electron chi connectivity index (χ0n) is 11.0. The summed E-state index contributed by atoms with van der Waals surface area (Å²) >= 11 is 7.15. The summed E-state index contributed by atoms with van der Waals surface area (Å²) in [6.07, 6.45) is 3.12. The second-order valence-electron chi connectivity index (χ2n) is 3.83. The van der Waals surface area contributed by atoms with E-state index in [0.717, 1.165) is 0 Å². The van der Waals surface area contributed by atoms with E-state index in [0.29, 0.717) is 10.7 Å². The number of carbonyl (C=O) groups is 2. The van der Waals surface area contributed by atoms with Crippen molar-refractivity contribution in [3.8, 4) is 0 Å². The second kappa shape index (κ2) is 7.05. The first kappa shape index (κ1) is 15.3. The van der Waals surface area contributed by atoms with E-state index in [9.17, 15) is 9.59 Å². The first-order valence-electron chi connectivity index (χ1n) is 5.84. The number of halogens is 1. The number of carbonyl (C=O) groups excluding carboxylic acids is 2. The molecule has 0 radical (unpaired) electrons. The van der Waals surface area contributed by atoms with Gasteiger partial charge in [0.15, 0.2) is 10.9 Å². The van der Waals surface area contributed by atoms with Crippen molar-refractivity contribution in [3.05, 3.63) is 52.8 Å². The highest BCUT2D eigenvalue weighted by molar-refractivity contribution is 7.98. The van der Waals surface area contributed by atoms with Gasteiger partial charge in [-0.2, -0.15) is 0 Å². The number of aromatic nitrogens is 2. The lowest BCUT2D eigenvalue weighted by Gasteiger charge is -2.08. The Morgan fingerprint density at radius 2 is 1.81 bits per heavy atom. The molecule has 2 amide bonds. The molecule has 0 spiro atoms. The van der Waals surface area contributed by atoms with Crippen molar-refractivity contribution in [1.82, 2.24) is 20.8 Å². The molecule has 8 heteroatoms. The van der Waals surface area contributed by atoms with Gasteiger partial charge in [-0.1, -0.05) is 41.6 Å². The third kappa shape index (κ3) is 3.93. The predicted molar refractivity (Wildman–Crippen MR) is 80.2 cm³/mol. The number of nitrogens with zero attached hydrogens (tertiary/aromatic N) is 2. The molecule has 6 nitrogen and oxygen atoms in total. The van der Waals surface area contributed by atoms with Gasteiger partial charge in [-0.3, -0.25) is 20.4 Å². The number of benzene rings is 1. The zero-order chi connectivity index (χ0) is 15.2. The number of rotatable bonds is 3. The van der Waals surface area contributed by atoms with E-state index in [1.807, 2.05) is 0 Å². The van der Waals surface area contributed by atoms with Crippen LogP contribution in [0, 0.1) is 0 Å². The average Bonchev–Trinajstić information content (AvgIpc) is 2.53. The van der Waals surface area contributed by atoms with E-state index in [2.05, 4.69) is 20.8 Å². The lowest BCUT2D eigenvalue weighted by atomic mass is 10.2. The highest BCUT2D eigenvalue weighted by atomic mass is 35.5. The molecule has 2 N–H and O–H groups in total. The third-order valence-corrected chi connectivity index (χ3v) is 3.28. The summed E-state index contributed by atoms with van der Waals surface area (Å²) in [7, 11) is 0. The van der Waals surface area contributed by atoms with Gasteiger partial charge in [0.25, 0.3) is 11.8 Å². The van der Waals surface area contributed by atoms with Crippen LogP contribution in [-0.4, -0.2) is 28.0 Å². The standard InChI is InChI=1S/C13H11ClN4O2S/c1-21-13-15-7-9(14)10(16-13)12(20)18-17-11(19)8-5-3-2-4-6-8/h2-7H,1H3,(H,17,19)(H,18,20). The van der Waals surface area contributed by atoms with E-state index >= 15 is 0 Å². The Hall–Kier alpha value is -2.12. The molecule has 0 fully saturated rings. The van der Waals surface area contributed by atoms with Crippen LogP contribution in [0.5, 0.6) is 0 Å². The van der Waals surface area contributed by atoms with Crippen LogP contribution in [0.3, 0.4) is 0 Å². The van der Waals surface area contributed by atoms with Gasteiger partial charge in [0.1, 0.15) is 0 Å². The van der Waals surface area contributed by atoms with E-state index in [4.69, 9.17) is 11.6 Å². The highest BCUT2D eigenvalue weighted by Gasteiger charge is 2.15. The number of hydrazine groups is 1. The Morgan fingerprint density at radius 3 is 2.48 bits per heavy atom. The maximum Gasteiger partial charge on any atom is 0.289 e. The molecule has 2 rings (SSSR count). The molecule has 1 heterocycles. The van der Waals surface area contributed by atoms with Crippen LogP contribution in [0.1, 0.15) is 20.8 Å². The molecule has 1 aromatic heterocycles. The molecule has 0 saturated heterocycles. The lowest BCUT2D eigenvalue weighted by molar-refractivity contribution is 0.0843. The summed E-state index contributed by atoms with van der Waals surface area (Å²) in [5, 5.41) is 0.526. The van der Waals surface area contributed by atoms with Crippen molar-refractivity contribution < 1.29 is 9.59 Å². The van der Waals surface area contributed by atoms with Crippen molar-refractivity contribution in [3.63, 3.8) is 0 Å². The van der Waals surface area contributed by atoms with E-state index in [1.165, 1.54) is 18.0 Å². The van der Waals surface area contributed by atoms with E-state index < -0.39 is 11.8 Å². The van der Waals surface area contributed by atoms with Crippen LogP contribution in [0.4, 0.5) is 0 Å². The summed E-state index contributed by atoms with van der Waals surface area (Å²) in [6, 6.07) is 8.50. The first-order valence-corrected chi connectivity index (χ1v) is 7.44. The van der Waals surface area contributed by atoms with Crippen molar-refractivity contribution in [1.29, 1.82) is 0 Å². The minimum atomic E-state index is -0.609. The number of hydrogen-bond acceptors (Lipinski definition) is 5. The summed E-state index contributed by atoms with van der Waals surface area (Å²) < 4.78 is 0. The van der Waals surface area contributed by atoms with Gasteiger partial charge < -0.3 is 0 Å². The molecule has 0 bridgehead atoms. The summed E-state index contributed by atoms with van der Waals surface area (Å²) in [5.74, 6) is -1.04. The van der Waals surface area contributed by atoms with Gasteiger partial charge in [-0.15, -0.1) is 0 Å². The fourth-order valence-electron chi connectivity index (χ4n) is 1.44. The molecule has 0 aliphatic heterocycles. The number of hydrogen-bond donors (Lipinski definition) is 2. The van der Waals surface area contributed by atoms with Gasteiger partial charge in [-0.25, -0.2) is 9.97 Å². The van der Waals surface area contributed by atoms with Crippen LogP contribution < -0.4 is 10.9 Å². The third-order valence-electron chi connectivity index (χ3n) is 2.45. The number of nitrogens with one attached hydrogen (secondary N) is 2. The molecular weight excluding hydrogens is 312 g/mol. The van der Waals surface area contributed by atoms with Crippen molar-refractivity contribution in [2.24, 2.45) is 0 Å². The smallest absolute Gasteiger partial charge is 0.267 e. The molecule has 0 atom stereocenters. The molecule has 0 unspecified atom stereocenters. The molecule has 0 saturated carbocycles. The summed E-state index contributed by atoms with van der Waals surface area (Å²) in [5.41, 5.74) is 5.00. The second-order valence-corrected chi connectivity index (χ2v) is 5.01. The van der Waals surface area contributed by atoms with E-state index in [-0.39, 0.29) is 10.7 Å². The van der Waals surface area contributed by atoms with Crippen LogP contribution in [0.2, 0.25) is 5.02 Å². The minimum Gasteiger partial charge on any atom is -0.267 e. The van der Waals surface area contributed by atoms with Crippen LogP contribution in [0.25, 0.3) is 0 Å². The zero-order valence-corrected chi connectivity index (χ0v) is 12.5. The highest BCUT2D eigenvalue weighted by Crippen LogP contribution is 2.16.